The Morgan fingerprint density at radius 2 is 2.14 bits per heavy atom. The Morgan fingerprint density at radius 3 is 2.97 bits per heavy atom. The maximum absolute atomic E-state index is 6.50. The second-order valence-electron chi connectivity index (χ2n) is 6.72. The number of rotatable bonds is 4. The quantitative estimate of drug-likeness (QED) is 0.391. The number of nitrogens with zero attached hydrogens (tertiary/aromatic N) is 4. The van der Waals surface area contributed by atoms with E-state index in [1.165, 1.54) is 17.2 Å². The maximum Gasteiger partial charge on any atom is 0.207 e. The zero-order chi connectivity index (χ0) is 20.0. The number of halogens is 1. The Bertz CT molecular complexity index is 1230. The average Bonchev–Trinajstić information content (AvgIpc) is 3.45. The van der Waals surface area contributed by atoms with E-state index in [0.29, 0.717) is 21.4 Å². The molecule has 0 fully saturated rings. The van der Waals surface area contributed by atoms with Crippen molar-refractivity contribution in [3.05, 3.63) is 58.7 Å². The lowest BCUT2D eigenvalue weighted by Gasteiger charge is -2.25. The molecular weight excluding hydrogens is 424 g/mol. The molecule has 6 nitrogen and oxygen atoms in total. The summed E-state index contributed by atoms with van der Waals surface area (Å²) in [5, 5.41) is 15.0. The van der Waals surface area contributed by atoms with Crippen molar-refractivity contribution in [3.63, 3.8) is 0 Å². The highest BCUT2D eigenvalue weighted by Crippen LogP contribution is 2.37. The van der Waals surface area contributed by atoms with Crippen molar-refractivity contribution in [1.82, 2.24) is 19.6 Å². The van der Waals surface area contributed by atoms with E-state index in [4.69, 9.17) is 11.6 Å². The molecule has 29 heavy (non-hydrogen) atoms. The summed E-state index contributed by atoms with van der Waals surface area (Å²) in [5.74, 6) is 0.695. The fourth-order valence-corrected chi connectivity index (χ4v) is 5.18. The molecule has 146 valence electrons. The minimum absolute atomic E-state index is 0.380. The third kappa shape index (κ3) is 3.37. The molecule has 2 aromatic heterocycles. The van der Waals surface area contributed by atoms with Gasteiger partial charge in [-0.25, -0.2) is 0 Å². The van der Waals surface area contributed by atoms with E-state index in [9.17, 15) is 0 Å². The first-order valence-electron chi connectivity index (χ1n) is 9.04. The standard InChI is InChI=1S/C20H17ClN6S2/c1-11-10-28-12(2)27(11)14-5-3-4-13(8-14)19-24-20(29-26-19)23-17-7-6-16-15(18(17)21)9-22-25-16/h3-10,12H,1-2H3,(H,22,25)(H,23,24,26). The second kappa shape index (κ2) is 7.37. The lowest BCUT2D eigenvalue weighted by atomic mass is 10.1. The van der Waals surface area contributed by atoms with Crippen molar-refractivity contribution in [3.8, 4) is 11.4 Å². The molecule has 0 amide bonds. The number of hydrogen-bond donors (Lipinski definition) is 2. The topological polar surface area (TPSA) is 69.7 Å². The first kappa shape index (κ1) is 18.5. The van der Waals surface area contributed by atoms with Gasteiger partial charge in [0.05, 0.1) is 27.8 Å². The largest absolute Gasteiger partial charge is 0.332 e. The highest BCUT2D eigenvalue weighted by Gasteiger charge is 2.22. The van der Waals surface area contributed by atoms with Gasteiger partial charge in [0.15, 0.2) is 5.82 Å². The van der Waals surface area contributed by atoms with E-state index in [1.54, 1.807) is 6.20 Å². The summed E-state index contributed by atoms with van der Waals surface area (Å²) in [6.07, 6.45) is 1.72. The van der Waals surface area contributed by atoms with Crippen LogP contribution in [0.1, 0.15) is 13.8 Å². The van der Waals surface area contributed by atoms with Crippen LogP contribution >= 0.6 is 34.9 Å². The van der Waals surface area contributed by atoms with Crippen molar-refractivity contribution in [2.75, 3.05) is 10.2 Å². The predicted molar refractivity (Wildman–Crippen MR) is 123 cm³/mol. The average molecular weight is 441 g/mol. The van der Waals surface area contributed by atoms with Crippen molar-refractivity contribution in [1.29, 1.82) is 0 Å². The minimum Gasteiger partial charge on any atom is -0.332 e. The predicted octanol–water partition coefficient (Wildman–Crippen LogP) is 6.24. The summed E-state index contributed by atoms with van der Waals surface area (Å²) in [6.45, 7) is 4.33. The summed E-state index contributed by atoms with van der Waals surface area (Å²) in [6, 6.07) is 12.2. The van der Waals surface area contributed by atoms with Gasteiger partial charge in [0.25, 0.3) is 0 Å². The van der Waals surface area contributed by atoms with Crippen LogP contribution in [0.25, 0.3) is 22.3 Å². The van der Waals surface area contributed by atoms with Crippen molar-refractivity contribution >= 4 is 62.3 Å². The fraction of sp³-hybridized carbons (Fsp3) is 0.150. The third-order valence-electron chi connectivity index (χ3n) is 4.79. The number of H-pyrrole nitrogens is 1. The molecule has 0 aliphatic carbocycles. The molecule has 0 saturated heterocycles. The minimum atomic E-state index is 0.380. The van der Waals surface area contributed by atoms with Gasteiger partial charge in [0.2, 0.25) is 5.13 Å². The molecule has 5 rings (SSSR count). The van der Waals surface area contributed by atoms with Crippen LogP contribution in [0.2, 0.25) is 5.02 Å². The lowest BCUT2D eigenvalue weighted by molar-refractivity contribution is 0.920. The van der Waals surface area contributed by atoms with E-state index in [-0.39, 0.29) is 0 Å². The molecule has 3 heterocycles. The maximum atomic E-state index is 6.50. The SMILES string of the molecule is CC1=CSC(C)N1c1cccc(-c2nsc(Nc3ccc4[nH]ncc4c3Cl)n2)c1. The highest BCUT2D eigenvalue weighted by molar-refractivity contribution is 8.03. The number of thioether (sulfide) groups is 1. The van der Waals surface area contributed by atoms with Crippen LogP contribution in [0.4, 0.5) is 16.5 Å². The van der Waals surface area contributed by atoms with Gasteiger partial charge >= 0.3 is 0 Å². The Hall–Kier alpha value is -2.55. The van der Waals surface area contributed by atoms with Gasteiger partial charge in [-0.1, -0.05) is 23.7 Å². The summed E-state index contributed by atoms with van der Waals surface area (Å²) in [7, 11) is 0. The van der Waals surface area contributed by atoms with Gasteiger partial charge in [0, 0.05) is 33.9 Å². The second-order valence-corrected chi connectivity index (χ2v) is 9.04. The van der Waals surface area contributed by atoms with Gasteiger partial charge in [-0.2, -0.15) is 14.5 Å². The van der Waals surface area contributed by atoms with Gasteiger partial charge in [-0.3, -0.25) is 5.10 Å². The molecule has 0 radical (unpaired) electrons. The molecule has 0 spiro atoms. The number of allylic oxidation sites excluding steroid dienone is 1. The molecule has 0 saturated carbocycles. The van der Waals surface area contributed by atoms with E-state index >= 15 is 0 Å². The molecule has 2 N–H and O–H groups in total. The van der Waals surface area contributed by atoms with Gasteiger partial charge in [-0.05, 0) is 43.5 Å². The molecule has 1 aliphatic rings. The lowest BCUT2D eigenvalue weighted by Crippen LogP contribution is -2.24. The van der Waals surface area contributed by atoms with Crippen LogP contribution in [0, 0.1) is 0 Å². The molecule has 4 aromatic rings. The first-order chi connectivity index (χ1) is 14.1. The van der Waals surface area contributed by atoms with Gasteiger partial charge < -0.3 is 10.2 Å². The van der Waals surface area contributed by atoms with Crippen LogP contribution in [-0.4, -0.2) is 24.9 Å². The van der Waals surface area contributed by atoms with Crippen LogP contribution in [0.15, 0.2) is 53.7 Å². The molecule has 1 unspecified atom stereocenters. The third-order valence-corrected chi connectivity index (χ3v) is 6.91. The molecule has 1 atom stereocenters. The summed E-state index contributed by atoms with van der Waals surface area (Å²) in [5.41, 5.74) is 5.05. The van der Waals surface area contributed by atoms with E-state index in [1.807, 2.05) is 36.0 Å². The summed E-state index contributed by atoms with van der Waals surface area (Å²) in [4.78, 5) is 6.99. The van der Waals surface area contributed by atoms with E-state index in [2.05, 4.69) is 61.2 Å². The number of hydrogen-bond acceptors (Lipinski definition) is 7. The molecule has 2 aromatic carbocycles. The zero-order valence-corrected chi connectivity index (χ0v) is 18.1. The Kier molecular flexibility index (Phi) is 4.69. The van der Waals surface area contributed by atoms with Crippen molar-refractivity contribution in [2.45, 2.75) is 19.2 Å². The highest BCUT2D eigenvalue weighted by atomic mass is 35.5. The molecule has 0 bridgehead atoms. The van der Waals surface area contributed by atoms with E-state index < -0.39 is 0 Å². The Labute approximate surface area is 181 Å². The number of aromatic nitrogens is 4. The number of nitrogens with one attached hydrogen (secondary N) is 2. The van der Waals surface area contributed by atoms with Crippen LogP contribution in [0.3, 0.4) is 0 Å². The van der Waals surface area contributed by atoms with Crippen molar-refractivity contribution in [2.24, 2.45) is 0 Å². The Balaban J connectivity index is 1.42. The summed E-state index contributed by atoms with van der Waals surface area (Å²) < 4.78 is 4.54. The molecular formula is C20H17ClN6S2. The molecule has 9 heteroatoms. The van der Waals surface area contributed by atoms with Crippen LogP contribution in [-0.2, 0) is 0 Å². The Morgan fingerprint density at radius 1 is 1.24 bits per heavy atom. The normalized spacial score (nSPS) is 16.4. The van der Waals surface area contributed by atoms with E-state index in [0.717, 1.165) is 27.8 Å². The van der Waals surface area contributed by atoms with Gasteiger partial charge in [0.1, 0.15) is 0 Å². The van der Waals surface area contributed by atoms with Crippen LogP contribution < -0.4 is 10.2 Å². The summed E-state index contributed by atoms with van der Waals surface area (Å²) >= 11 is 9.63. The van der Waals surface area contributed by atoms with Crippen molar-refractivity contribution < 1.29 is 0 Å². The monoisotopic (exact) mass is 440 g/mol. The first-order valence-corrected chi connectivity index (χ1v) is 11.1. The van der Waals surface area contributed by atoms with Gasteiger partial charge in [-0.15, -0.1) is 11.8 Å². The number of fused-ring (bicyclic) bond motifs is 1. The smallest absolute Gasteiger partial charge is 0.207 e. The number of anilines is 3. The number of benzene rings is 2. The molecule has 1 aliphatic heterocycles. The van der Waals surface area contributed by atoms with Crippen LogP contribution in [0.5, 0.6) is 0 Å². The zero-order valence-electron chi connectivity index (χ0n) is 15.7. The number of aromatic amines is 1. The fourth-order valence-electron chi connectivity index (χ4n) is 3.40.